The van der Waals surface area contributed by atoms with Crippen LogP contribution in [0.15, 0.2) is 12.3 Å². The summed E-state index contributed by atoms with van der Waals surface area (Å²) in [6.07, 6.45) is 8.71. The Morgan fingerprint density at radius 2 is 2.33 bits per heavy atom. The topological polar surface area (TPSA) is 21.3 Å². The second-order valence-corrected chi connectivity index (χ2v) is 4.23. The number of nitrogens with one attached hydrogen (secondary N) is 1. The van der Waals surface area contributed by atoms with E-state index in [9.17, 15) is 0 Å². The van der Waals surface area contributed by atoms with Gasteiger partial charge in [-0.2, -0.15) is 0 Å². The highest BCUT2D eigenvalue weighted by Crippen LogP contribution is 2.43. The van der Waals surface area contributed by atoms with Crippen LogP contribution in [-0.2, 0) is 4.74 Å². The van der Waals surface area contributed by atoms with Gasteiger partial charge in [-0.15, -0.1) is 0 Å². The molecule has 0 aromatic rings. The minimum absolute atomic E-state index is 0.310. The van der Waals surface area contributed by atoms with E-state index in [1.54, 1.807) is 0 Å². The summed E-state index contributed by atoms with van der Waals surface area (Å²) in [4.78, 5) is 0. The smallest absolute Gasteiger partial charge is 0.155 e. The van der Waals surface area contributed by atoms with Crippen molar-refractivity contribution < 1.29 is 4.74 Å². The molecule has 66 valence electrons. The van der Waals surface area contributed by atoms with Crippen molar-refractivity contribution in [1.82, 2.24) is 5.32 Å². The number of rotatable bonds is 0. The van der Waals surface area contributed by atoms with Crippen LogP contribution in [0.1, 0.15) is 19.3 Å². The van der Waals surface area contributed by atoms with E-state index in [0.29, 0.717) is 12.1 Å². The molecule has 0 aromatic carbocycles. The van der Waals surface area contributed by atoms with Crippen LogP contribution in [0.4, 0.5) is 0 Å². The van der Waals surface area contributed by atoms with E-state index in [1.807, 2.05) is 6.26 Å². The zero-order valence-electron chi connectivity index (χ0n) is 7.20. The van der Waals surface area contributed by atoms with Crippen molar-refractivity contribution in [3.05, 3.63) is 12.3 Å². The van der Waals surface area contributed by atoms with Crippen LogP contribution >= 0.6 is 0 Å². The van der Waals surface area contributed by atoms with Crippen LogP contribution in [0.5, 0.6) is 0 Å². The number of hydrogen-bond donors (Lipinski definition) is 1. The average Bonchev–Trinajstić information content (AvgIpc) is 2.71. The quantitative estimate of drug-likeness (QED) is 0.587. The van der Waals surface area contributed by atoms with Crippen molar-refractivity contribution in [3.63, 3.8) is 0 Å². The van der Waals surface area contributed by atoms with Crippen LogP contribution < -0.4 is 5.32 Å². The predicted octanol–water partition coefficient (Wildman–Crippen LogP) is 1.49. The molecule has 2 heterocycles. The van der Waals surface area contributed by atoms with Crippen LogP contribution in [0.3, 0.4) is 0 Å². The second-order valence-electron chi connectivity index (χ2n) is 4.23. The van der Waals surface area contributed by atoms with Gasteiger partial charge in [0.2, 0.25) is 0 Å². The lowest BCUT2D eigenvalue weighted by Crippen LogP contribution is -2.47. The Morgan fingerprint density at radius 3 is 3.33 bits per heavy atom. The first-order valence-corrected chi connectivity index (χ1v) is 5.01. The molecule has 1 aliphatic carbocycles. The molecule has 2 aliphatic heterocycles. The molecule has 1 saturated heterocycles. The number of ether oxygens (including phenoxy) is 1. The van der Waals surface area contributed by atoms with E-state index in [2.05, 4.69) is 11.4 Å². The first-order chi connectivity index (χ1) is 5.95. The van der Waals surface area contributed by atoms with Gasteiger partial charge in [-0.05, 0) is 30.8 Å². The van der Waals surface area contributed by atoms with Gasteiger partial charge >= 0.3 is 0 Å². The maximum absolute atomic E-state index is 5.47. The molecule has 12 heavy (non-hydrogen) atoms. The normalized spacial score (nSPS) is 50.0. The Hall–Kier alpha value is -0.500. The molecule has 0 radical (unpaired) electrons. The van der Waals surface area contributed by atoms with Crippen molar-refractivity contribution in [2.45, 2.75) is 25.5 Å². The SMILES string of the molecule is C1=CC2C(NCC3CCCC32)O1. The minimum atomic E-state index is 0.310. The molecule has 0 amide bonds. The highest BCUT2D eigenvalue weighted by atomic mass is 16.5. The average molecular weight is 165 g/mol. The van der Waals surface area contributed by atoms with Crippen molar-refractivity contribution in [3.8, 4) is 0 Å². The van der Waals surface area contributed by atoms with Gasteiger partial charge in [-0.25, -0.2) is 0 Å². The van der Waals surface area contributed by atoms with E-state index in [4.69, 9.17) is 4.74 Å². The molecule has 0 bridgehead atoms. The standard InChI is InChI=1S/C10H15NO/c1-2-7-6-11-10-9(4-5-12-10)8(7)3-1/h4-5,7-11H,1-3,6H2. The molecule has 0 spiro atoms. The Morgan fingerprint density at radius 1 is 1.33 bits per heavy atom. The summed E-state index contributed by atoms with van der Waals surface area (Å²) < 4.78 is 5.47. The zero-order chi connectivity index (χ0) is 7.97. The van der Waals surface area contributed by atoms with Crippen LogP contribution in [-0.4, -0.2) is 12.8 Å². The summed E-state index contributed by atoms with van der Waals surface area (Å²) >= 11 is 0. The molecule has 0 aromatic heterocycles. The first-order valence-electron chi connectivity index (χ1n) is 5.01. The second kappa shape index (κ2) is 2.49. The molecule has 4 unspecified atom stereocenters. The molecule has 4 atom stereocenters. The maximum atomic E-state index is 5.47. The lowest BCUT2D eigenvalue weighted by Gasteiger charge is -2.35. The summed E-state index contributed by atoms with van der Waals surface area (Å²) in [5.74, 6) is 2.51. The summed E-state index contributed by atoms with van der Waals surface area (Å²) in [6, 6.07) is 0. The van der Waals surface area contributed by atoms with E-state index in [0.717, 1.165) is 11.8 Å². The molecule has 2 heteroatoms. The Kier molecular flexibility index (Phi) is 1.44. The van der Waals surface area contributed by atoms with Crippen LogP contribution in [0, 0.1) is 17.8 Å². The largest absolute Gasteiger partial charge is 0.483 e. The van der Waals surface area contributed by atoms with Gasteiger partial charge in [0.25, 0.3) is 0 Å². The summed E-state index contributed by atoms with van der Waals surface area (Å²) in [6.45, 7) is 1.17. The highest BCUT2D eigenvalue weighted by Gasteiger charge is 2.42. The summed E-state index contributed by atoms with van der Waals surface area (Å²) in [5.41, 5.74) is 0. The third kappa shape index (κ3) is 0.845. The van der Waals surface area contributed by atoms with Gasteiger partial charge in [0.1, 0.15) is 0 Å². The maximum Gasteiger partial charge on any atom is 0.155 e. The highest BCUT2D eigenvalue weighted by molar-refractivity contribution is 5.04. The fourth-order valence-corrected chi connectivity index (χ4v) is 3.06. The molecule has 3 rings (SSSR count). The fraction of sp³-hybridized carbons (Fsp3) is 0.800. The lowest BCUT2D eigenvalue weighted by molar-refractivity contribution is 0.0336. The van der Waals surface area contributed by atoms with Crippen molar-refractivity contribution in [1.29, 1.82) is 0 Å². The fourth-order valence-electron chi connectivity index (χ4n) is 3.06. The third-order valence-electron chi connectivity index (χ3n) is 3.67. The first kappa shape index (κ1) is 6.96. The number of hydrogen-bond acceptors (Lipinski definition) is 2. The van der Waals surface area contributed by atoms with Crippen molar-refractivity contribution in [2.75, 3.05) is 6.54 Å². The van der Waals surface area contributed by atoms with Gasteiger partial charge < -0.3 is 4.74 Å². The predicted molar refractivity (Wildman–Crippen MR) is 46.3 cm³/mol. The van der Waals surface area contributed by atoms with Gasteiger partial charge in [-0.3, -0.25) is 5.32 Å². The van der Waals surface area contributed by atoms with Gasteiger partial charge in [0, 0.05) is 12.5 Å². The van der Waals surface area contributed by atoms with Crippen LogP contribution in [0.2, 0.25) is 0 Å². The monoisotopic (exact) mass is 165 g/mol. The molecule has 1 N–H and O–H groups in total. The zero-order valence-corrected chi connectivity index (χ0v) is 7.20. The molecule has 2 nitrogen and oxygen atoms in total. The van der Waals surface area contributed by atoms with Crippen molar-refractivity contribution in [2.24, 2.45) is 17.8 Å². The van der Waals surface area contributed by atoms with E-state index >= 15 is 0 Å². The van der Waals surface area contributed by atoms with Crippen molar-refractivity contribution >= 4 is 0 Å². The number of fused-ring (bicyclic) bond motifs is 3. The van der Waals surface area contributed by atoms with Gasteiger partial charge in [-0.1, -0.05) is 6.42 Å². The minimum Gasteiger partial charge on any atom is -0.483 e. The van der Waals surface area contributed by atoms with E-state index in [-0.39, 0.29) is 0 Å². The number of piperidine rings is 1. The summed E-state index contributed by atoms with van der Waals surface area (Å²) in [7, 11) is 0. The molecule has 1 saturated carbocycles. The Labute approximate surface area is 73.0 Å². The van der Waals surface area contributed by atoms with Gasteiger partial charge in [0.05, 0.1) is 6.26 Å². The lowest BCUT2D eigenvalue weighted by atomic mass is 9.80. The van der Waals surface area contributed by atoms with E-state index < -0.39 is 0 Å². The summed E-state index contributed by atoms with van der Waals surface area (Å²) in [5, 5.41) is 3.47. The molecule has 2 fully saturated rings. The molecular formula is C10H15NO. The third-order valence-corrected chi connectivity index (χ3v) is 3.67. The van der Waals surface area contributed by atoms with Gasteiger partial charge in [0.15, 0.2) is 6.23 Å². The Bertz CT molecular complexity index is 214. The molecular weight excluding hydrogens is 150 g/mol. The van der Waals surface area contributed by atoms with Crippen LogP contribution in [0.25, 0.3) is 0 Å². The Balaban J connectivity index is 1.85. The molecule has 3 aliphatic rings. The van der Waals surface area contributed by atoms with E-state index in [1.165, 1.54) is 25.8 Å².